The molecule has 4 aromatic rings. The van der Waals surface area contributed by atoms with Crippen molar-refractivity contribution in [3.8, 4) is 11.6 Å². The molecule has 5 nitrogen and oxygen atoms in total. The summed E-state index contributed by atoms with van der Waals surface area (Å²) < 4.78 is 5.75. The highest BCUT2D eigenvalue weighted by atomic mass is 16.5. The quantitative estimate of drug-likeness (QED) is 0.567. The number of fused-ring (bicyclic) bond motifs is 1. The van der Waals surface area contributed by atoms with E-state index in [0.717, 1.165) is 16.6 Å². The molecule has 0 aliphatic rings. The Morgan fingerprint density at radius 3 is 2.56 bits per heavy atom. The molecule has 0 unspecified atom stereocenters. The minimum absolute atomic E-state index is 0.156. The van der Waals surface area contributed by atoms with Crippen LogP contribution in [0.4, 0.5) is 0 Å². The number of nitrogens with one attached hydrogen (secondary N) is 1. The number of benzene rings is 2. The monoisotopic (exact) mass is 329 g/mol. The van der Waals surface area contributed by atoms with Crippen molar-refractivity contribution in [3.63, 3.8) is 0 Å². The van der Waals surface area contributed by atoms with Crippen LogP contribution in [-0.2, 0) is 0 Å². The van der Waals surface area contributed by atoms with Gasteiger partial charge in [-0.3, -0.25) is 4.79 Å². The van der Waals surface area contributed by atoms with E-state index < -0.39 is 0 Å². The van der Waals surface area contributed by atoms with Gasteiger partial charge in [-0.05, 0) is 49.4 Å². The van der Waals surface area contributed by atoms with Crippen LogP contribution >= 0.6 is 0 Å². The summed E-state index contributed by atoms with van der Waals surface area (Å²) in [4.78, 5) is 24.2. The number of ketones is 1. The maximum atomic E-state index is 12.6. The number of hydrogen-bond acceptors (Lipinski definition) is 4. The van der Waals surface area contributed by atoms with Crippen molar-refractivity contribution in [2.24, 2.45) is 0 Å². The van der Waals surface area contributed by atoms with E-state index in [4.69, 9.17) is 4.74 Å². The Morgan fingerprint density at radius 1 is 1.00 bits per heavy atom. The molecule has 1 N–H and O–H groups in total. The highest BCUT2D eigenvalue weighted by Crippen LogP contribution is 2.23. The molecule has 0 aliphatic carbocycles. The first-order valence-corrected chi connectivity index (χ1v) is 7.90. The third kappa shape index (κ3) is 2.99. The molecular formula is C20H15N3O2. The fourth-order valence-corrected chi connectivity index (χ4v) is 2.56. The molecule has 4 rings (SSSR count). The highest BCUT2D eigenvalue weighted by molar-refractivity contribution is 6.08. The van der Waals surface area contributed by atoms with E-state index in [1.165, 1.54) is 0 Å². The lowest BCUT2D eigenvalue weighted by Crippen LogP contribution is -2.03. The zero-order chi connectivity index (χ0) is 17.2. The first kappa shape index (κ1) is 15.1. The summed E-state index contributed by atoms with van der Waals surface area (Å²) in [5.41, 5.74) is 3.11. The number of pyridine rings is 1. The Kier molecular flexibility index (Phi) is 3.74. The number of carbonyl (C=O) groups excluding carboxylic acids is 1. The Labute approximate surface area is 144 Å². The van der Waals surface area contributed by atoms with E-state index >= 15 is 0 Å². The van der Waals surface area contributed by atoms with E-state index in [2.05, 4.69) is 15.0 Å². The minimum Gasteiger partial charge on any atom is -0.439 e. The average molecular weight is 329 g/mol. The van der Waals surface area contributed by atoms with Gasteiger partial charge in [0.15, 0.2) is 5.82 Å². The second kappa shape index (κ2) is 6.20. The lowest BCUT2D eigenvalue weighted by Gasteiger charge is -2.07. The fourth-order valence-electron chi connectivity index (χ4n) is 2.56. The van der Waals surface area contributed by atoms with Crippen LogP contribution in [0.25, 0.3) is 11.0 Å². The summed E-state index contributed by atoms with van der Waals surface area (Å²) >= 11 is 0. The number of carbonyl (C=O) groups is 1. The van der Waals surface area contributed by atoms with Gasteiger partial charge in [0, 0.05) is 17.3 Å². The van der Waals surface area contributed by atoms with Crippen molar-refractivity contribution in [3.05, 3.63) is 83.8 Å². The normalized spacial score (nSPS) is 10.8. The van der Waals surface area contributed by atoms with Crippen LogP contribution in [0.15, 0.2) is 66.9 Å². The number of ether oxygens (including phenoxy) is 1. The molecular weight excluding hydrogens is 314 g/mol. The summed E-state index contributed by atoms with van der Waals surface area (Å²) in [6.07, 6.45) is 1.68. The van der Waals surface area contributed by atoms with Crippen molar-refractivity contribution in [1.82, 2.24) is 15.0 Å². The van der Waals surface area contributed by atoms with Gasteiger partial charge in [-0.25, -0.2) is 9.97 Å². The maximum absolute atomic E-state index is 12.6. The second-order valence-corrected chi connectivity index (χ2v) is 5.68. The van der Waals surface area contributed by atoms with Gasteiger partial charge in [-0.1, -0.05) is 18.2 Å². The van der Waals surface area contributed by atoms with E-state index in [0.29, 0.717) is 23.0 Å². The van der Waals surface area contributed by atoms with Crippen LogP contribution in [0.3, 0.4) is 0 Å². The average Bonchev–Trinajstić information content (AvgIpc) is 3.08. The SMILES string of the molecule is Cc1cccnc1Oc1ccc(C(=O)c2nc3ccccc3[nH]2)cc1. The first-order valence-electron chi connectivity index (χ1n) is 7.90. The third-order valence-corrected chi connectivity index (χ3v) is 3.90. The van der Waals surface area contributed by atoms with Gasteiger partial charge in [-0.15, -0.1) is 0 Å². The number of aromatic nitrogens is 3. The van der Waals surface area contributed by atoms with E-state index in [-0.39, 0.29) is 5.78 Å². The topological polar surface area (TPSA) is 67.9 Å². The molecule has 0 atom stereocenters. The number of para-hydroxylation sites is 2. The molecule has 0 fully saturated rings. The van der Waals surface area contributed by atoms with Crippen LogP contribution < -0.4 is 4.74 Å². The van der Waals surface area contributed by atoms with Crippen molar-refractivity contribution in [1.29, 1.82) is 0 Å². The minimum atomic E-state index is -0.156. The fraction of sp³-hybridized carbons (Fsp3) is 0.0500. The lowest BCUT2D eigenvalue weighted by atomic mass is 10.1. The Balaban J connectivity index is 1.57. The van der Waals surface area contributed by atoms with Gasteiger partial charge in [0.25, 0.3) is 0 Å². The Morgan fingerprint density at radius 2 is 1.80 bits per heavy atom. The van der Waals surface area contributed by atoms with E-state index in [1.54, 1.807) is 30.5 Å². The predicted octanol–water partition coefficient (Wildman–Crippen LogP) is 4.29. The molecule has 0 spiro atoms. The molecule has 2 heterocycles. The van der Waals surface area contributed by atoms with Crippen molar-refractivity contribution in [2.45, 2.75) is 6.92 Å². The summed E-state index contributed by atoms with van der Waals surface area (Å²) in [5.74, 6) is 1.36. The number of imidazole rings is 1. The van der Waals surface area contributed by atoms with Crippen molar-refractivity contribution in [2.75, 3.05) is 0 Å². The summed E-state index contributed by atoms with van der Waals surface area (Å²) in [6.45, 7) is 1.93. The lowest BCUT2D eigenvalue weighted by molar-refractivity contribution is 0.103. The zero-order valence-corrected chi connectivity index (χ0v) is 13.6. The maximum Gasteiger partial charge on any atom is 0.228 e. The third-order valence-electron chi connectivity index (χ3n) is 3.90. The standard InChI is InChI=1S/C20H15N3O2/c1-13-5-4-12-21-20(13)25-15-10-8-14(9-11-15)18(24)19-22-16-6-2-3-7-17(16)23-19/h2-12H,1H3,(H,22,23). The molecule has 0 saturated heterocycles. The summed E-state index contributed by atoms with van der Waals surface area (Å²) in [6, 6.07) is 18.3. The molecule has 0 saturated carbocycles. The van der Waals surface area contributed by atoms with Gasteiger partial charge in [0.05, 0.1) is 11.0 Å². The molecule has 2 aromatic carbocycles. The predicted molar refractivity (Wildman–Crippen MR) is 95.0 cm³/mol. The highest BCUT2D eigenvalue weighted by Gasteiger charge is 2.14. The molecule has 0 amide bonds. The smallest absolute Gasteiger partial charge is 0.228 e. The van der Waals surface area contributed by atoms with Crippen molar-refractivity contribution >= 4 is 16.8 Å². The molecule has 25 heavy (non-hydrogen) atoms. The Hall–Kier alpha value is -3.47. The largest absolute Gasteiger partial charge is 0.439 e. The molecule has 5 heteroatoms. The number of hydrogen-bond donors (Lipinski definition) is 1. The van der Waals surface area contributed by atoms with Crippen LogP contribution in [0.1, 0.15) is 21.7 Å². The number of H-pyrrole nitrogens is 1. The second-order valence-electron chi connectivity index (χ2n) is 5.68. The number of aryl methyl sites for hydroxylation is 1. The molecule has 0 aliphatic heterocycles. The van der Waals surface area contributed by atoms with E-state index in [1.807, 2.05) is 43.3 Å². The summed E-state index contributed by atoms with van der Waals surface area (Å²) in [5, 5.41) is 0. The Bertz CT molecular complexity index is 1020. The van der Waals surface area contributed by atoms with Gasteiger partial charge in [-0.2, -0.15) is 0 Å². The van der Waals surface area contributed by atoms with Gasteiger partial charge in [0.1, 0.15) is 5.75 Å². The van der Waals surface area contributed by atoms with E-state index in [9.17, 15) is 4.79 Å². The van der Waals surface area contributed by atoms with Crippen LogP contribution in [0, 0.1) is 6.92 Å². The van der Waals surface area contributed by atoms with Crippen molar-refractivity contribution < 1.29 is 9.53 Å². The van der Waals surface area contributed by atoms with Gasteiger partial charge in [0.2, 0.25) is 11.7 Å². The number of aromatic amines is 1. The van der Waals surface area contributed by atoms with Gasteiger partial charge < -0.3 is 9.72 Å². The first-order chi connectivity index (χ1) is 12.2. The number of rotatable bonds is 4. The number of nitrogens with zero attached hydrogens (tertiary/aromatic N) is 2. The molecule has 0 bridgehead atoms. The summed E-state index contributed by atoms with van der Waals surface area (Å²) in [7, 11) is 0. The molecule has 122 valence electrons. The molecule has 2 aromatic heterocycles. The van der Waals surface area contributed by atoms with Crippen LogP contribution in [0.2, 0.25) is 0 Å². The van der Waals surface area contributed by atoms with Gasteiger partial charge >= 0.3 is 0 Å². The zero-order valence-electron chi connectivity index (χ0n) is 13.6. The van der Waals surface area contributed by atoms with Crippen LogP contribution in [-0.4, -0.2) is 20.7 Å². The molecule has 0 radical (unpaired) electrons. The van der Waals surface area contributed by atoms with Crippen LogP contribution in [0.5, 0.6) is 11.6 Å².